The fraction of sp³-hybridized carbons (Fsp3) is 0.667. The zero-order chi connectivity index (χ0) is 17.3. The Kier molecular flexibility index (Phi) is 5.47. The number of likely N-dealkylation sites (tertiary alicyclic amines) is 2. The molecule has 1 aromatic rings. The summed E-state index contributed by atoms with van der Waals surface area (Å²) in [4.78, 5) is 4.52. The van der Waals surface area contributed by atoms with E-state index in [4.69, 9.17) is 0 Å². The van der Waals surface area contributed by atoms with Gasteiger partial charge < -0.3 is 10.2 Å². The fourth-order valence-electron chi connectivity index (χ4n) is 4.05. The normalized spacial score (nSPS) is 27.0. The summed E-state index contributed by atoms with van der Waals surface area (Å²) < 4.78 is 40.7. The number of piperidine rings is 1. The minimum atomic E-state index is -1.39. The highest BCUT2D eigenvalue weighted by Crippen LogP contribution is 2.34. The summed E-state index contributed by atoms with van der Waals surface area (Å²) in [5.41, 5.74) is 0.524. The number of hydrogen-bond acceptors (Lipinski definition) is 3. The Bertz CT molecular complexity index is 550. The molecule has 1 N–H and O–H groups in total. The largest absolute Gasteiger partial charge is 0.309 e. The molecule has 0 bridgehead atoms. The molecule has 0 aliphatic carbocycles. The van der Waals surface area contributed by atoms with Crippen LogP contribution in [0.1, 0.15) is 37.8 Å². The van der Waals surface area contributed by atoms with Gasteiger partial charge in [0, 0.05) is 18.6 Å². The smallest absolute Gasteiger partial charge is 0.194 e. The number of halogens is 3. The van der Waals surface area contributed by atoms with Crippen molar-refractivity contribution in [1.82, 2.24) is 15.1 Å². The van der Waals surface area contributed by atoms with Crippen molar-refractivity contribution in [3.8, 4) is 0 Å². The van der Waals surface area contributed by atoms with Crippen molar-refractivity contribution in [3.63, 3.8) is 0 Å². The van der Waals surface area contributed by atoms with Gasteiger partial charge in [-0.25, -0.2) is 13.2 Å². The van der Waals surface area contributed by atoms with Crippen LogP contribution in [0.15, 0.2) is 12.1 Å². The SMILES string of the molecule is CCN1CC[C@H](NC2CCN(C)CC2)[C@H]1c1cc(F)c(F)c(F)c1. The van der Waals surface area contributed by atoms with E-state index in [0.717, 1.165) is 57.6 Å². The van der Waals surface area contributed by atoms with Gasteiger partial charge in [-0.3, -0.25) is 4.90 Å². The average Bonchev–Trinajstić information content (AvgIpc) is 2.97. The number of likely N-dealkylation sites (N-methyl/N-ethyl adjacent to an activating group) is 1. The average molecular weight is 341 g/mol. The molecule has 2 heterocycles. The van der Waals surface area contributed by atoms with Gasteiger partial charge in [-0.1, -0.05) is 6.92 Å². The van der Waals surface area contributed by atoms with Crippen molar-refractivity contribution in [1.29, 1.82) is 0 Å². The van der Waals surface area contributed by atoms with Crippen LogP contribution < -0.4 is 5.32 Å². The van der Waals surface area contributed by atoms with E-state index in [1.54, 1.807) is 0 Å². The molecule has 0 unspecified atom stereocenters. The van der Waals surface area contributed by atoms with Gasteiger partial charge in [0.25, 0.3) is 0 Å². The predicted molar refractivity (Wildman–Crippen MR) is 88.4 cm³/mol. The molecule has 1 aromatic carbocycles. The molecule has 0 amide bonds. The molecule has 3 rings (SSSR count). The molecule has 2 saturated heterocycles. The number of nitrogens with one attached hydrogen (secondary N) is 1. The van der Waals surface area contributed by atoms with E-state index < -0.39 is 17.5 Å². The number of hydrogen-bond donors (Lipinski definition) is 1. The van der Waals surface area contributed by atoms with Crippen LogP contribution in [-0.2, 0) is 0 Å². The molecule has 0 spiro atoms. The molecule has 2 fully saturated rings. The van der Waals surface area contributed by atoms with Crippen LogP contribution in [0.3, 0.4) is 0 Å². The van der Waals surface area contributed by atoms with Gasteiger partial charge >= 0.3 is 0 Å². The van der Waals surface area contributed by atoms with Crippen LogP contribution in [0.5, 0.6) is 0 Å². The van der Waals surface area contributed by atoms with E-state index in [1.807, 2.05) is 6.92 Å². The highest BCUT2D eigenvalue weighted by Gasteiger charge is 2.36. The van der Waals surface area contributed by atoms with E-state index in [2.05, 4.69) is 22.2 Å². The van der Waals surface area contributed by atoms with Crippen LogP contribution in [-0.4, -0.2) is 55.1 Å². The van der Waals surface area contributed by atoms with Crippen molar-refractivity contribution >= 4 is 0 Å². The lowest BCUT2D eigenvalue weighted by atomic mass is 9.96. The first kappa shape index (κ1) is 17.7. The minimum Gasteiger partial charge on any atom is -0.309 e. The molecule has 0 aromatic heterocycles. The van der Waals surface area contributed by atoms with Crippen molar-refractivity contribution in [2.24, 2.45) is 0 Å². The van der Waals surface area contributed by atoms with Gasteiger partial charge in [-0.15, -0.1) is 0 Å². The van der Waals surface area contributed by atoms with Gasteiger partial charge in [-0.2, -0.15) is 0 Å². The Labute approximate surface area is 141 Å². The first-order valence-electron chi connectivity index (χ1n) is 8.82. The van der Waals surface area contributed by atoms with Crippen molar-refractivity contribution in [2.75, 3.05) is 33.2 Å². The molecule has 0 saturated carbocycles. The molecular formula is C18H26F3N3. The quantitative estimate of drug-likeness (QED) is 0.850. The Morgan fingerprint density at radius 1 is 1.04 bits per heavy atom. The monoisotopic (exact) mass is 341 g/mol. The van der Waals surface area contributed by atoms with Gasteiger partial charge in [0.15, 0.2) is 17.5 Å². The van der Waals surface area contributed by atoms with Gasteiger partial charge in [-0.05, 0) is 63.6 Å². The molecule has 2 aliphatic rings. The molecule has 6 heteroatoms. The predicted octanol–water partition coefficient (Wildman–Crippen LogP) is 2.92. The van der Waals surface area contributed by atoms with Gasteiger partial charge in [0.2, 0.25) is 0 Å². The fourth-order valence-corrected chi connectivity index (χ4v) is 4.05. The Morgan fingerprint density at radius 3 is 2.25 bits per heavy atom. The second-order valence-corrected chi connectivity index (χ2v) is 7.01. The third-order valence-electron chi connectivity index (χ3n) is 5.42. The van der Waals surface area contributed by atoms with Crippen LogP contribution in [0.25, 0.3) is 0 Å². The third kappa shape index (κ3) is 3.60. The molecule has 0 radical (unpaired) electrons. The standard InChI is InChI=1S/C18H26F3N3/c1-3-24-9-6-16(22-13-4-7-23(2)8-5-13)18(24)12-10-14(19)17(21)15(20)11-12/h10-11,13,16,18,22H,3-9H2,1-2H3/t16-,18+/m0/s1. The zero-order valence-corrected chi connectivity index (χ0v) is 14.4. The minimum absolute atomic E-state index is 0.112. The van der Waals surface area contributed by atoms with E-state index in [9.17, 15) is 13.2 Å². The van der Waals surface area contributed by atoms with E-state index in [-0.39, 0.29) is 12.1 Å². The van der Waals surface area contributed by atoms with Crippen LogP contribution in [0.2, 0.25) is 0 Å². The lowest BCUT2D eigenvalue weighted by Gasteiger charge is -2.35. The Hall–Kier alpha value is -1.11. The summed E-state index contributed by atoms with van der Waals surface area (Å²) >= 11 is 0. The first-order chi connectivity index (χ1) is 11.5. The molecular weight excluding hydrogens is 315 g/mol. The number of benzene rings is 1. The molecule has 134 valence electrons. The summed E-state index contributed by atoms with van der Waals surface area (Å²) in [7, 11) is 2.12. The zero-order valence-electron chi connectivity index (χ0n) is 14.4. The summed E-state index contributed by atoms with van der Waals surface area (Å²) in [5, 5.41) is 3.70. The van der Waals surface area contributed by atoms with E-state index >= 15 is 0 Å². The van der Waals surface area contributed by atoms with Crippen LogP contribution in [0, 0.1) is 17.5 Å². The van der Waals surface area contributed by atoms with E-state index in [0.29, 0.717) is 11.6 Å². The summed E-state index contributed by atoms with van der Waals surface area (Å²) in [5.74, 6) is -3.60. The molecule has 2 atom stereocenters. The molecule has 24 heavy (non-hydrogen) atoms. The van der Waals surface area contributed by atoms with Gasteiger partial charge in [0.05, 0.1) is 6.04 Å². The highest BCUT2D eigenvalue weighted by atomic mass is 19.2. The topological polar surface area (TPSA) is 18.5 Å². The first-order valence-corrected chi connectivity index (χ1v) is 8.82. The van der Waals surface area contributed by atoms with Crippen molar-refractivity contribution < 1.29 is 13.2 Å². The highest BCUT2D eigenvalue weighted by molar-refractivity contribution is 5.25. The lowest BCUT2D eigenvalue weighted by molar-refractivity contribution is 0.200. The Morgan fingerprint density at radius 2 is 1.67 bits per heavy atom. The maximum atomic E-state index is 13.7. The number of rotatable bonds is 4. The lowest BCUT2D eigenvalue weighted by Crippen LogP contribution is -2.47. The second kappa shape index (κ2) is 7.42. The second-order valence-electron chi connectivity index (χ2n) is 7.01. The summed E-state index contributed by atoms with van der Waals surface area (Å²) in [6, 6.07) is 2.77. The molecule has 3 nitrogen and oxygen atoms in total. The summed E-state index contributed by atoms with van der Waals surface area (Å²) in [6.07, 6.45) is 3.10. The number of nitrogens with zero attached hydrogens (tertiary/aromatic N) is 2. The van der Waals surface area contributed by atoms with Crippen molar-refractivity contribution in [2.45, 2.75) is 44.3 Å². The van der Waals surface area contributed by atoms with E-state index in [1.165, 1.54) is 0 Å². The van der Waals surface area contributed by atoms with Crippen LogP contribution in [0.4, 0.5) is 13.2 Å². The van der Waals surface area contributed by atoms with Crippen LogP contribution >= 0.6 is 0 Å². The maximum absolute atomic E-state index is 13.7. The summed E-state index contributed by atoms with van der Waals surface area (Å²) in [6.45, 7) is 5.85. The van der Waals surface area contributed by atoms with Crippen molar-refractivity contribution in [3.05, 3.63) is 35.1 Å². The third-order valence-corrected chi connectivity index (χ3v) is 5.42. The Balaban J connectivity index is 1.79. The molecule has 2 aliphatic heterocycles. The van der Waals surface area contributed by atoms with Gasteiger partial charge in [0.1, 0.15) is 0 Å². The maximum Gasteiger partial charge on any atom is 0.194 e.